The van der Waals surface area contributed by atoms with Gasteiger partial charge in [-0.15, -0.1) is 0 Å². The molecule has 2 aromatic rings. The number of carbonyl (C=O) groups excluding carboxylic acids is 1. The van der Waals surface area contributed by atoms with Crippen LogP contribution in [0.5, 0.6) is 0 Å². The molecule has 5 nitrogen and oxygen atoms in total. The smallest absolute Gasteiger partial charge is 0.155 e. The van der Waals surface area contributed by atoms with Crippen LogP contribution in [0.3, 0.4) is 0 Å². The first kappa shape index (κ1) is 15.3. The number of aldehydes is 1. The van der Waals surface area contributed by atoms with Gasteiger partial charge in [-0.1, -0.05) is 18.2 Å². The molecule has 1 aromatic carbocycles. The summed E-state index contributed by atoms with van der Waals surface area (Å²) in [5.74, 6) is 0.691. The van der Waals surface area contributed by atoms with Gasteiger partial charge in [0, 0.05) is 13.6 Å². The molecule has 5 heteroatoms. The second-order valence-electron chi connectivity index (χ2n) is 5.86. The third-order valence-corrected chi connectivity index (χ3v) is 3.19. The summed E-state index contributed by atoms with van der Waals surface area (Å²) >= 11 is 0. The maximum Gasteiger partial charge on any atom is 0.155 e. The summed E-state index contributed by atoms with van der Waals surface area (Å²) < 4.78 is 1.74. The van der Waals surface area contributed by atoms with Gasteiger partial charge in [0.15, 0.2) is 6.29 Å². The number of hydrogen-bond acceptors (Lipinski definition) is 4. The highest BCUT2D eigenvalue weighted by molar-refractivity contribution is 5.85. The van der Waals surface area contributed by atoms with Crippen molar-refractivity contribution in [1.82, 2.24) is 9.78 Å². The quantitative estimate of drug-likeness (QED) is 0.857. The molecule has 2 rings (SSSR count). The number of benzene rings is 1. The van der Waals surface area contributed by atoms with E-state index in [1.54, 1.807) is 18.5 Å². The van der Waals surface area contributed by atoms with E-state index in [9.17, 15) is 9.90 Å². The second kappa shape index (κ2) is 5.69. The first-order valence-corrected chi connectivity index (χ1v) is 6.87. The Bertz CT molecular complexity index is 627. The Balaban J connectivity index is 2.54. The van der Waals surface area contributed by atoms with Crippen LogP contribution >= 0.6 is 0 Å². The highest BCUT2D eigenvalue weighted by Gasteiger charge is 2.23. The number of aliphatic hydroxyl groups is 1. The Morgan fingerprint density at radius 1 is 1.33 bits per heavy atom. The Morgan fingerprint density at radius 2 is 1.95 bits per heavy atom. The third kappa shape index (κ3) is 3.31. The number of aryl methyl sites for hydroxylation is 1. The molecule has 0 bridgehead atoms. The molecule has 1 N–H and O–H groups in total. The summed E-state index contributed by atoms with van der Waals surface area (Å²) in [6.07, 6.45) is 0.817. The van der Waals surface area contributed by atoms with E-state index in [1.165, 1.54) is 0 Å². The highest BCUT2D eigenvalue weighted by atomic mass is 16.3. The Labute approximate surface area is 124 Å². The number of carbonyl (C=O) groups is 1. The van der Waals surface area contributed by atoms with Crippen LogP contribution in [-0.4, -0.2) is 40.4 Å². The standard InChI is InChI=1S/C16H21N3O2/c1-12-14(10-20)15(18(4)11-16(2,3)21)19(17-12)13-8-6-5-7-9-13/h5-10,21H,11H2,1-4H3. The van der Waals surface area contributed by atoms with Crippen molar-refractivity contribution in [3.05, 3.63) is 41.6 Å². The van der Waals surface area contributed by atoms with Crippen LogP contribution in [-0.2, 0) is 0 Å². The van der Waals surface area contributed by atoms with Gasteiger partial charge in [0.05, 0.1) is 22.5 Å². The van der Waals surface area contributed by atoms with Crippen LogP contribution in [0, 0.1) is 6.92 Å². The predicted octanol–water partition coefficient (Wildman–Crippen LogP) is 2.20. The maximum atomic E-state index is 11.4. The predicted molar refractivity (Wildman–Crippen MR) is 83.3 cm³/mol. The van der Waals surface area contributed by atoms with Crippen LogP contribution in [0.15, 0.2) is 30.3 Å². The fraction of sp³-hybridized carbons (Fsp3) is 0.375. The summed E-state index contributed by atoms with van der Waals surface area (Å²) in [5, 5.41) is 14.5. The van der Waals surface area contributed by atoms with Gasteiger partial charge in [-0.05, 0) is 32.9 Å². The van der Waals surface area contributed by atoms with Gasteiger partial charge in [0.1, 0.15) is 5.82 Å². The highest BCUT2D eigenvalue weighted by Crippen LogP contribution is 2.26. The van der Waals surface area contributed by atoms with Gasteiger partial charge in [-0.2, -0.15) is 5.10 Å². The average molecular weight is 287 g/mol. The van der Waals surface area contributed by atoms with Crippen molar-refractivity contribution >= 4 is 12.1 Å². The lowest BCUT2D eigenvalue weighted by Crippen LogP contribution is -2.37. The lowest BCUT2D eigenvalue weighted by molar-refractivity contribution is 0.0882. The Morgan fingerprint density at radius 3 is 2.48 bits per heavy atom. The third-order valence-electron chi connectivity index (χ3n) is 3.19. The molecule has 0 saturated heterocycles. The molecule has 0 fully saturated rings. The van der Waals surface area contributed by atoms with Crippen molar-refractivity contribution in [1.29, 1.82) is 0 Å². The molecule has 0 atom stereocenters. The van der Waals surface area contributed by atoms with Gasteiger partial charge in [0.25, 0.3) is 0 Å². The van der Waals surface area contributed by atoms with Crippen molar-refractivity contribution in [2.45, 2.75) is 26.4 Å². The van der Waals surface area contributed by atoms with Crippen molar-refractivity contribution in [3.8, 4) is 5.69 Å². The zero-order valence-corrected chi connectivity index (χ0v) is 12.9. The molecule has 0 aliphatic carbocycles. The molecule has 21 heavy (non-hydrogen) atoms. The number of hydrogen-bond donors (Lipinski definition) is 1. The normalized spacial score (nSPS) is 11.5. The van der Waals surface area contributed by atoms with Crippen LogP contribution in [0.1, 0.15) is 29.9 Å². The molecule has 0 saturated carbocycles. The molecule has 112 valence electrons. The van der Waals surface area contributed by atoms with Crippen molar-refractivity contribution in [2.75, 3.05) is 18.5 Å². The van der Waals surface area contributed by atoms with Gasteiger partial charge in [0.2, 0.25) is 0 Å². The van der Waals surface area contributed by atoms with Crippen LogP contribution < -0.4 is 4.90 Å². The van der Waals surface area contributed by atoms with Gasteiger partial charge in [-0.25, -0.2) is 4.68 Å². The van der Waals surface area contributed by atoms with E-state index in [0.29, 0.717) is 23.6 Å². The van der Waals surface area contributed by atoms with E-state index in [1.807, 2.05) is 49.2 Å². The Kier molecular flexibility index (Phi) is 4.14. The number of anilines is 1. The lowest BCUT2D eigenvalue weighted by atomic mass is 10.1. The summed E-state index contributed by atoms with van der Waals surface area (Å²) in [5.41, 5.74) is 1.23. The van der Waals surface area contributed by atoms with Crippen molar-refractivity contribution < 1.29 is 9.90 Å². The first-order chi connectivity index (χ1) is 9.83. The summed E-state index contributed by atoms with van der Waals surface area (Å²) in [6, 6.07) is 9.64. The fourth-order valence-electron chi connectivity index (χ4n) is 2.44. The number of rotatable bonds is 5. The molecular weight excluding hydrogens is 266 g/mol. The molecule has 0 radical (unpaired) electrons. The minimum Gasteiger partial charge on any atom is -0.389 e. The van der Waals surface area contributed by atoms with Crippen LogP contribution in [0.2, 0.25) is 0 Å². The van der Waals surface area contributed by atoms with E-state index in [2.05, 4.69) is 5.10 Å². The zero-order valence-electron chi connectivity index (χ0n) is 12.9. The molecule has 0 spiro atoms. The molecule has 1 aromatic heterocycles. The minimum atomic E-state index is -0.866. The van der Waals surface area contributed by atoms with Crippen LogP contribution in [0.4, 0.5) is 5.82 Å². The largest absolute Gasteiger partial charge is 0.389 e. The molecule has 0 unspecified atom stereocenters. The number of nitrogens with zero attached hydrogens (tertiary/aromatic N) is 3. The zero-order chi connectivity index (χ0) is 15.6. The van der Waals surface area contributed by atoms with E-state index in [-0.39, 0.29) is 0 Å². The molecule has 1 heterocycles. The van der Waals surface area contributed by atoms with E-state index in [0.717, 1.165) is 12.0 Å². The topological polar surface area (TPSA) is 58.4 Å². The van der Waals surface area contributed by atoms with Crippen molar-refractivity contribution in [2.24, 2.45) is 0 Å². The maximum absolute atomic E-state index is 11.4. The molecule has 0 aliphatic heterocycles. The molecular formula is C16H21N3O2. The number of aromatic nitrogens is 2. The van der Waals surface area contributed by atoms with Gasteiger partial charge in [-0.3, -0.25) is 4.79 Å². The van der Waals surface area contributed by atoms with Gasteiger partial charge >= 0.3 is 0 Å². The average Bonchev–Trinajstić information content (AvgIpc) is 2.74. The van der Waals surface area contributed by atoms with E-state index < -0.39 is 5.60 Å². The SMILES string of the molecule is Cc1nn(-c2ccccc2)c(N(C)CC(C)(C)O)c1C=O. The molecule has 0 amide bonds. The molecule has 0 aliphatic rings. The summed E-state index contributed by atoms with van der Waals surface area (Å²) in [4.78, 5) is 13.3. The van der Waals surface area contributed by atoms with E-state index in [4.69, 9.17) is 0 Å². The van der Waals surface area contributed by atoms with E-state index >= 15 is 0 Å². The van der Waals surface area contributed by atoms with Crippen molar-refractivity contribution in [3.63, 3.8) is 0 Å². The van der Waals surface area contributed by atoms with Gasteiger partial charge < -0.3 is 10.0 Å². The first-order valence-electron chi connectivity index (χ1n) is 6.87. The number of para-hydroxylation sites is 1. The minimum absolute atomic E-state index is 0.395. The second-order valence-corrected chi connectivity index (χ2v) is 5.86. The summed E-state index contributed by atoms with van der Waals surface area (Å²) in [7, 11) is 1.85. The lowest BCUT2D eigenvalue weighted by Gasteiger charge is -2.28. The summed E-state index contributed by atoms with van der Waals surface area (Å²) in [6.45, 7) is 5.68. The number of likely N-dealkylation sites (N-methyl/N-ethyl adjacent to an activating group) is 1. The fourth-order valence-corrected chi connectivity index (χ4v) is 2.44. The van der Waals surface area contributed by atoms with Crippen LogP contribution in [0.25, 0.3) is 5.69 Å². The monoisotopic (exact) mass is 287 g/mol. The Hall–Kier alpha value is -2.14.